The van der Waals surface area contributed by atoms with Crippen LogP contribution in [0.25, 0.3) is 0 Å². The number of carboxylic acid groups (broad SMARTS) is 1. The van der Waals surface area contributed by atoms with Crippen molar-refractivity contribution in [2.75, 3.05) is 10.6 Å². The molecule has 0 fully saturated rings. The molecule has 0 saturated heterocycles. The average Bonchev–Trinajstić information content (AvgIpc) is 2.80. The molecule has 0 saturated carbocycles. The monoisotopic (exact) mass is 737 g/mol. The van der Waals surface area contributed by atoms with Crippen molar-refractivity contribution in [2.45, 2.75) is 6.18 Å². The third-order valence-electron chi connectivity index (χ3n) is 4.60. The summed E-state index contributed by atoms with van der Waals surface area (Å²) in [6.45, 7) is 0. The third kappa shape index (κ3) is 5.88. The van der Waals surface area contributed by atoms with Crippen LogP contribution in [0.15, 0.2) is 60.4 Å². The summed E-state index contributed by atoms with van der Waals surface area (Å²) in [5.74, 6) is -2.40. The Morgan fingerprint density at radius 3 is 1.94 bits per heavy atom. The number of nitriles is 1. The second-order valence-corrected chi connectivity index (χ2v) is 10.0. The van der Waals surface area contributed by atoms with Crippen LogP contribution in [0.5, 0.6) is 0 Å². The lowest BCUT2D eigenvalue weighted by atomic mass is 10.1. The van der Waals surface area contributed by atoms with E-state index in [1.165, 1.54) is 12.1 Å². The average molecular weight is 741 g/mol. The highest BCUT2D eigenvalue weighted by Crippen LogP contribution is 2.43. The summed E-state index contributed by atoms with van der Waals surface area (Å²) in [4.78, 5) is 25.1. The number of hydrogen-bond donors (Lipinski definition) is 3. The van der Waals surface area contributed by atoms with E-state index < -0.39 is 29.2 Å². The molecular formula is C22H10Br4F3N3O3. The van der Waals surface area contributed by atoms with Gasteiger partial charge in [-0.2, -0.15) is 18.4 Å². The molecule has 0 aromatic heterocycles. The molecule has 0 aliphatic heterocycles. The maximum atomic E-state index is 13.4. The number of rotatable bonds is 5. The Hall–Kier alpha value is -2.40. The summed E-state index contributed by atoms with van der Waals surface area (Å²) in [5, 5.41) is 23.9. The topological polar surface area (TPSA) is 102 Å². The van der Waals surface area contributed by atoms with Gasteiger partial charge in [0.15, 0.2) is 0 Å². The highest BCUT2D eigenvalue weighted by Gasteiger charge is 2.32. The number of halogens is 7. The smallest absolute Gasteiger partial charge is 0.416 e. The Bertz CT molecular complexity index is 1390. The number of amides is 1. The fourth-order valence-corrected chi connectivity index (χ4v) is 5.41. The lowest BCUT2D eigenvalue weighted by molar-refractivity contribution is -0.137. The molecule has 13 heteroatoms. The Morgan fingerprint density at radius 2 is 1.43 bits per heavy atom. The van der Waals surface area contributed by atoms with Gasteiger partial charge in [0.2, 0.25) is 0 Å². The van der Waals surface area contributed by atoms with E-state index in [1.54, 1.807) is 12.1 Å². The fraction of sp³-hybridized carbons (Fsp3) is 0.0455. The van der Waals surface area contributed by atoms with Crippen molar-refractivity contribution < 1.29 is 27.9 Å². The summed E-state index contributed by atoms with van der Waals surface area (Å²) in [5.41, 5.74) is -1.05. The quantitative estimate of drug-likeness (QED) is 0.181. The van der Waals surface area contributed by atoms with Gasteiger partial charge in [-0.05, 0) is 106 Å². The van der Waals surface area contributed by atoms with Crippen LogP contribution >= 0.6 is 63.7 Å². The normalized spacial score (nSPS) is 11.0. The van der Waals surface area contributed by atoms with Gasteiger partial charge in [0.1, 0.15) is 0 Å². The standard InChI is InChI=1S/C22H10Br4F3N3O3/c23-16-14(15(21(34)35)17(24)19(26)18(16)25)20(33)32-13-7-10(22(27,28)29)3-6-12(13)31-11-4-1-9(8-30)2-5-11/h1-7,31H,(H,32,33)(H,34,35). The first kappa shape index (κ1) is 27.2. The molecule has 3 aromatic carbocycles. The van der Waals surface area contributed by atoms with Gasteiger partial charge in [-0.15, -0.1) is 0 Å². The molecule has 0 aliphatic rings. The molecule has 3 aromatic rings. The molecule has 0 bridgehead atoms. The number of nitrogens with one attached hydrogen (secondary N) is 2. The van der Waals surface area contributed by atoms with E-state index in [0.717, 1.165) is 18.2 Å². The Balaban J connectivity index is 2.11. The van der Waals surface area contributed by atoms with Gasteiger partial charge in [-0.25, -0.2) is 4.79 Å². The Labute approximate surface area is 230 Å². The minimum absolute atomic E-state index is 0.0604. The molecule has 3 N–H and O–H groups in total. The van der Waals surface area contributed by atoms with E-state index in [9.17, 15) is 27.9 Å². The predicted octanol–water partition coefficient (Wildman–Crippen LogP) is 8.32. The predicted molar refractivity (Wildman–Crippen MR) is 138 cm³/mol. The Kier molecular flexibility index (Phi) is 8.31. The van der Waals surface area contributed by atoms with Crippen LogP contribution < -0.4 is 10.6 Å². The summed E-state index contributed by atoms with van der Waals surface area (Å²) in [7, 11) is 0. The molecule has 0 unspecified atom stereocenters. The lowest BCUT2D eigenvalue weighted by Gasteiger charge is -2.18. The molecule has 0 aliphatic carbocycles. The largest absolute Gasteiger partial charge is 0.478 e. The second kappa shape index (κ2) is 10.7. The van der Waals surface area contributed by atoms with Crippen molar-refractivity contribution in [3.8, 4) is 6.07 Å². The maximum Gasteiger partial charge on any atom is 0.416 e. The number of anilines is 3. The molecule has 3 rings (SSSR count). The molecule has 35 heavy (non-hydrogen) atoms. The van der Waals surface area contributed by atoms with Crippen LogP contribution in [0, 0.1) is 11.3 Å². The number of carboxylic acids is 1. The summed E-state index contributed by atoms with van der Waals surface area (Å²) in [6, 6.07) is 10.8. The summed E-state index contributed by atoms with van der Waals surface area (Å²) < 4.78 is 40.9. The van der Waals surface area contributed by atoms with E-state index in [2.05, 4.69) is 74.4 Å². The van der Waals surface area contributed by atoms with Crippen molar-refractivity contribution in [2.24, 2.45) is 0 Å². The zero-order valence-electron chi connectivity index (χ0n) is 16.9. The van der Waals surface area contributed by atoms with Crippen LogP contribution in [0.1, 0.15) is 31.8 Å². The van der Waals surface area contributed by atoms with Gasteiger partial charge in [0.05, 0.1) is 39.7 Å². The molecule has 0 heterocycles. The third-order valence-corrected chi connectivity index (χ3v) is 9.36. The van der Waals surface area contributed by atoms with Gasteiger partial charge in [0, 0.05) is 23.6 Å². The molecule has 1 amide bonds. The van der Waals surface area contributed by atoms with Crippen LogP contribution in [-0.4, -0.2) is 17.0 Å². The van der Waals surface area contributed by atoms with Crippen molar-refractivity contribution >= 4 is 92.7 Å². The maximum absolute atomic E-state index is 13.4. The van der Waals surface area contributed by atoms with Gasteiger partial charge in [0.25, 0.3) is 5.91 Å². The molecule has 0 spiro atoms. The van der Waals surface area contributed by atoms with Crippen LogP contribution in [0.4, 0.5) is 30.2 Å². The van der Waals surface area contributed by atoms with E-state index in [-0.39, 0.29) is 25.9 Å². The van der Waals surface area contributed by atoms with E-state index in [1.807, 2.05) is 6.07 Å². The van der Waals surface area contributed by atoms with Crippen molar-refractivity contribution in [3.05, 3.63) is 82.6 Å². The number of benzene rings is 3. The zero-order valence-corrected chi connectivity index (χ0v) is 23.2. The number of hydrogen-bond acceptors (Lipinski definition) is 4. The number of carbonyl (C=O) groups is 2. The first-order valence-electron chi connectivity index (χ1n) is 9.24. The van der Waals surface area contributed by atoms with Crippen molar-refractivity contribution in [1.29, 1.82) is 5.26 Å². The molecule has 0 atom stereocenters. The highest BCUT2D eigenvalue weighted by atomic mass is 79.9. The van der Waals surface area contributed by atoms with Gasteiger partial charge in [-0.3, -0.25) is 4.79 Å². The summed E-state index contributed by atoms with van der Waals surface area (Å²) in [6.07, 6.45) is -4.69. The van der Waals surface area contributed by atoms with E-state index in [0.29, 0.717) is 20.2 Å². The van der Waals surface area contributed by atoms with E-state index >= 15 is 0 Å². The number of alkyl halides is 3. The number of aromatic carboxylic acids is 1. The first-order valence-corrected chi connectivity index (χ1v) is 12.4. The lowest BCUT2D eigenvalue weighted by Crippen LogP contribution is -2.19. The molecular weight excluding hydrogens is 731 g/mol. The van der Waals surface area contributed by atoms with Crippen LogP contribution in [0.2, 0.25) is 0 Å². The molecule has 180 valence electrons. The molecule has 0 radical (unpaired) electrons. The second-order valence-electron chi connectivity index (χ2n) is 6.84. The van der Waals surface area contributed by atoms with Gasteiger partial charge >= 0.3 is 12.1 Å². The minimum atomic E-state index is -4.69. The SMILES string of the molecule is N#Cc1ccc(Nc2ccc(C(F)(F)F)cc2NC(=O)c2c(Br)c(Br)c(Br)c(Br)c2C(=O)O)cc1. The first-order chi connectivity index (χ1) is 16.3. The van der Waals surface area contributed by atoms with Crippen molar-refractivity contribution in [1.82, 2.24) is 0 Å². The van der Waals surface area contributed by atoms with Crippen molar-refractivity contribution in [3.63, 3.8) is 0 Å². The summed E-state index contributed by atoms with van der Waals surface area (Å²) >= 11 is 12.8. The van der Waals surface area contributed by atoms with E-state index in [4.69, 9.17) is 5.26 Å². The van der Waals surface area contributed by atoms with Gasteiger partial charge in [-0.1, -0.05) is 0 Å². The zero-order chi connectivity index (χ0) is 26.1. The fourth-order valence-electron chi connectivity index (χ4n) is 2.95. The van der Waals surface area contributed by atoms with Gasteiger partial charge < -0.3 is 15.7 Å². The number of carbonyl (C=O) groups excluding carboxylic acids is 1. The molecule has 6 nitrogen and oxygen atoms in total. The Morgan fingerprint density at radius 1 is 0.857 bits per heavy atom. The highest BCUT2D eigenvalue weighted by molar-refractivity contribution is 9.15. The van der Waals surface area contributed by atoms with Crippen LogP contribution in [-0.2, 0) is 6.18 Å². The van der Waals surface area contributed by atoms with Crippen LogP contribution in [0.3, 0.4) is 0 Å². The number of nitrogens with zero attached hydrogens (tertiary/aromatic N) is 1. The minimum Gasteiger partial charge on any atom is -0.478 e.